The molecule has 3 atom stereocenters. The van der Waals surface area contributed by atoms with Crippen molar-refractivity contribution in [3.63, 3.8) is 0 Å². The third-order valence-corrected chi connectivity index (χ3v) is 9.69. The molecule has 2 aromatic carbocycles. The number of hydrogen-bond acceptors (Lipinski definition) is 6. The molecule has 222 valence electrons. The first-order valence-electron chi connectivity index (χ1n) is 14.8. The van der Waals surface area contributed by atoms with E-state index in [2.05, 4.69) is 18.9 Å². The molecule has 0 unspecified atom stereocenters. The third kappa shape index (κ3) is 4.69. The summed E-state index contributed by atoms with van der Waals surface area (Å²) in [5.41, 5.74) is 1.65. The van der Waals surface area contributed by atoms with Gasteiger partial charge in [0.25, 0.3) is 0 Å². The fraction of sp³-hybridized carbons (Fsp3) is 0.424. The summed E-state index contributed by atoms with van der Waals surface area (Å²) in [6, 6.07) is 18.7. The monoisotopic (exact) mass is 581 g/mol. The largest absolute Gasteiger partial charge is 0.446 e. The number of likely N-dealkylation sites (tertiary alicyclic amines) is 2. The predicted molar refractivity (Wildman–Crippen MR) is 155 cm³/mol. The van der Waals surface area contributed by atoms with Crippen molar-refractivity contribution >= 4 is 23.8 Å². The van der Waals surface area contributed by atoms with Gasteiger partial charge in [-0.05, 0) is 23.0 Å². The number of cyclic esters (lactones) is 1. The standard InChI is InChI=1S/C33H35N5O5/c1-32(2)13-25(32)28(39)36-20-33(21-36)26(29(40)38-27(19-43-31(38)42)24-11-7-4-8-12-24)18-35(30(33)41)15-23-14-34-37(17-23)16-22-9-5-3-6-10-22/h3-12,14,17,25-27H,13,15-16,18-21H2,1-2H3/t25-,26+,27+/m1/s1. The Hall–Kier alpha value is -4.47. The molecule has 3 aromatic rings. The van der Waals surface area contributed by atoms with Crippen LogP contribution in [0.4, 0.5) is 4.79 Å². The first kappa shape index (κ1) is 27.4. The van der Waals surface area contributed by atoms with Crippen LogP contribution < -0.4 is 0 Å². The topological polar surface area (TPSA) is 105 Å². The van der Waals surface area contributed by atoms with Crippen LogP contribution in [0.5, 0.6) is 0 Å². The number of aromatic nitrogens is 2. The van der Waals surface area contributed by atoms with Crippen molar-refractivity contribution in [2.24, 2.45) is 22.7 Å². The second-order valence-electron chi connectivity index (χ2n) is 13.1. The summed E-state index contributed by atoms with van der Waals surface area (Å²) in [4.78, 5) is 59.1. The average Bonchev–Trinajstić information content (AvgIpc) is 3.30. The van der Waals surface area contributed by atoms with E-state index in [9.17, 15) is 19.2 Å². The number of carbonyl (C=O) groups excluding carboxylic acids is 4. The van der Waals surface area contributed by atoms with E-state index in [1.807, 2.05) is 71.5 Å². The lowest BCUT2D eigenvalue weighted by molar-refractivity contribution is -0.163. The van der Waals surface area contributed by atoms with Gasteiger partial charge in [0.1, 0.15) is 12.6 Å². The molecule has 4 aliphatic rings. The van der Waals surface area contributed by atoms with Gasteiger partial charge in [0, 0.05) is 43.9 Å². The van der Waals surface area contributed by atoms with E-state index in [1.165, 1.54) is 4.90 Å². The van der Waals surface area contributed by atoms with Crippen molar-refractivity contribution in [2.45, 2.75) is 39.4 Å². The van der Waals surface area contributed by atoms with E-state index < -0.39 is 29.4 Å². The molecule has 1 aromatic heterocycles. The molecule has 3 aliphatic heterocycles. The Bertz CT molecular complexity index is 1580. The molecule has 4 fully saturated rings. The summed E-state index contributed by atoms with van der Waals surface area (Å²) in [6.45, 7) is 5.60. The van der Waals surface area contributed by atoms with Gasteiger partial charge in [0.05, 0.1) is 24.1 Å². The van der Waals surface area contributed by atoms with Crippen LogP contribution in [0.2, 0.25) is 0 Å². The number of imide groups is 1. The molecular formula is C33H35N5O5. The number of benzene rings is 2. The zero-order valence-electron chi connectivity index (χ0n) is 24.4. The van der Waals surface area contributed by atoms with Gasteiger partial charge < -0.3 is 14.5 Å². The van der Waals surface area contributed by atoms with Gasteiger partial charge in [-0.15, -0.1) is 0 Å². The Morgan fingerprint density at radius 3 is 2.26 bits per heavy atom. The molecule has 43 heavy (non-hydrogen) atoms. The van der Waals surface area contributed by atoms with Crippen LogP contribution in [-0.2, 0) is 32.2 Å². The van der Waals surface area contributed by atoms with Gasteiger partial charge in [0.2, 0.25) is 17.7 Å². The highest BCUT2D eigenvalue weighted by Gasteiger charge is 2.67. The third-order valence-electron chi connectivity index (χ3n) is 9.69. The van der Waals surface area contributed by atoms with Crippen LogP contribution in [0.25, 0.3) is 0 Å². The first-order chi connectivity index (χ1) is 20.7. The Balaban J connectivity index is 1.14. The summed E-state index contributed by atoms with van der Waals surface area (Å²) in [7, 11) is 0. The fourth-order valence-electron chi connectivity index (χ4n) is 6.97. The lowest BCUT2D eigenvalue weighted by Gasteiger charge is -2.49. The molecule has 4 amide bonds. The van der Waals surface area contributed by atoms with Gasteiger partial charge >= 0.3 is 6.09 Å². The quantitative estimate of drug-likeness (QED) is 0.423. The van der Waals surface area contributed by atoms with Crippen LogP contribution in [0.15, 0.2) is 73.1 Å². The maximum Gasteiger partial charge on any atom is 0.417 e. The van der Waals surface area contributed by atoms with Crippen LogP contribution in [0.1, 0.15) is 43.0 Å². The zero-order chi connectivity index (χ0) is 29.9. The molecule has 0 N–H and O–H groups in total. The van der Waals surface area contributed by atoms with Crippen molar-refractivity contribution < 1.29 is 23.9 Å². The Morgan fingerprint density at radius 1 is 0.907 bits per heavy atom. The summed E-state index contributed by atoms with van der Waals surface area (Å²) in [5, 5.41) is 4.48. The molecule has 10 nitrogen and oxygen atoms in total. The maximum atomic E-state index is 14.3. The van der Waals surface area contributed by atoms with Gasteiger partial charge in [-0.3, -0.25) is 19.1 Å². The summed E-state index contributed by atoms with van der Waals surface area (Å²) < 4.78 is 7.18. The smallest absolute Gasteiger partial charge is 0.417 e. The van der Waals surface area contributed by atoms with Crippen molar-refractivity contribution in [1.29, 1.82) is 0 Å². The zero-order valence-corrected chi connectivity index (χ0v) is 24.4. The highest BCUT2D eigenvalue weighted by Crippen LogP contribution is 2.55. The van der Waals surface area contributed by atoms with Crippen LogP contribution in [-0.4, -0.2) is 74.5 Å². The molecule has 0 bridgehead atoms. The van der Waals surface area contributed by atoms with Crippen molar-refractivity contribution in [2.75, 3.05) is 26.2 Å². The minimum atomic E-state index is -1.07. The Morgan fingerprint density at radius 2 is 1.58 bits per heavy atom. The maximum absolute atomic E-state index is 14.3. The van der Waals surface area contributed by atoms with Crippen molar-refractivity contribution in [1.82, 2.24) is 24.5 Å². The molecule has 4 heterocycles. The number of carbonyl (C=O) groups is 4. The number of amides is 4. The van der Waals surface area contributed by atoms with Gasteiger partial charge in [-0.2, -0.15) is 5.10 Å². The molecule has 7 rings (SSSR count). The second kappa shape index (κ2) is 10.1. The van der Waals surface area contributed by atoms with E-state index >= 15 is 0 Å². The minimum absolute atomic E-state index is 0.0388. The first-order valence-corrected chi connectivity index (χ1v) is 14.8. The van der Waals surface area contributed by atoms with E-state index in [1.54, 1.807) is 16.0 Å². The van der Waals surface area contributed by atoms with E-state index in [4.69, 9.17) is 4.74 Å². The van der Waals surface area contributed by atoms with Crippen LogP contribution in [0, 0.1) is 22.7 Å². The molecular weight excluding hydrogens is 546 g/mol. The molecule has 1 saturated carbocycles. The second-order valence-corrected chi connectivity index (χ2v) is 13.1. The number of nitrogens with zero attached hydrogens (tertiary/aromatic N) is 5. The number of ether oxygens (including phenoxy) is 1. The summed E-state index contributed by atoms with van der Waals surface area (Å²) >= 11 is 0. The summed E-state index contributed by atoms with van der Waals surface area (Å²) in [5.74, 6) is -1.39. The minimum Gasteiger partial charge on any atom is -0.446 e. The number of rotatable bonds is 7. The van der Waals surface area contributed by atoms with E-state index in [0.29, 0.717) is 6.54 Å². The molecule has 1 aliphatic carbocycles. The SMILES string of the molecule is CC1(C)C[C@@H]1C(=O)N1CC2(C1)C(=O)N(Cc1cnn(Cc3ccccc3)c1)C[C@H]2C(=O)N1C(=O)OC[C@H]1c1ccccc1. The average molecular weight is 582 g/mol. The lowest BCUT2D eigenvalue weighted by Crippen LogP contribution is -2.66. The van der Waals surface area contributed by atoms with Gasteiger partial charge in [-0.25, -0.2) is 9.69 Å². The highest BCUT2D eigenvalue weighted by molar-refractivity contribution is 6.02. The van der Waals surface area contributed by atoms with Crippen molar-refractivity contribution in [3.8, 4) is 0 Å². The molecule has 0 radical (unpaired) electrons. The van der Waals surface area contributed by atoms with E-state index in [-0.39, 0.29) is 55.9 Å². The molecule has 10 heteroatoms. The lowest BCUT2D eigenvalue weighted by atomic mass is 9.70. The summed E-state index contributed by atoms with van der Waals surface area (Å²) in [6.07, 6.45) is 3.78. The van der Waals surface area contributed by atoms with Gasteiger partial charge in [-0.1, -0.05) is 74.5 Å². The fourth-order valence-corrected chi connectivity index (χ4v) is 6.97. The van der Waals surface area contributed by atoms with E-state index in [0.717, 1.165) is 23.1 Å². The Kier molecular flexibility index (Phi) is 6.41. The van der Waals surface area contributed by atoms with Gasteiger partial charge in [0.15, 0.2) is 0 Å². The number of hydrogen-bond donors (Lipinski definition) is 0. The van der Waals surface area contributed by atoms with Crippen LogP contribution >= 0.6 is 0 Å². The predicted octanol–water partition coefficient (Wildman–Crippen LogP) is 3.48. The Labute approximate surface area is 250 Å². The van der Waals surface area contributed by atoms with Crippen LogP contribution in [0.3, 0.4) is 0 Å². The molecule has 1 spiro atoms. The molecule has 3 saturated heterocycles. The highest BCUT2D eigenvalue weighted by atomic mass is 16.6. The normalized spacial score (nSPS) is 25.2. The van der Waals surface area contributed by atoms with Crippen molar-refractivity contribution in [3.05, 3.63) is 89.7 Å².